The summed E-state index contributed by atoms with van der Waals surface area (Å²) < 4.78 is 19.6. The molecule has 0 radical (unpaired) electrons. The van der Waals surface area contributed by atoms with E-state index >= 15 is 0 Å². The molecule has 0 saturated carbocycles. The molecule has 4 rings (SSSR count). The van der Waals surface area contributed by atoms with Crippen LogP contribution in [0.5, 0.6) is 11.5 Å². The number of anilines is 1. The van der Waals surface area contributed by atoms with Gasteiger partial charge in [0.05, 0.1) is 17.1 Å². The maximum atomic E-state index is 14.1. The van der Waals surface area contributed by atoms with Gasteiger partial charge in [0, 0.05) is 50.6 Å². The monoisotopic (exact) mass is 459 g/mol. The van der Waals surface area contributed by atoms with Crippen LogP contribution >= 0.6 is 0 Å². The van der Waals surface area contributed by atoms with Gasteiger partial charge in [0.2, 0.25) is 0 Å². The second-order valence-electron chi connectivity index (χ2n) is 8.27. The number of amides is 2. The predicted molar refractivity (Wildman–Crippen MR) is 118 cm³/mol. The third kappa shape index (κ3) is 5.74. The second kappa shape index (κ2) is 10.1. The fraction of sp³-hybridized carbons (Fsp3) is 0.455. The average molecular weight is 459 g/mol. The van der Waals surface area contributed by atoms with E-state index in [0.717, 1.165) is 50.9 Å². The Morgan fingerprint density at radius 3 is 2.55 bits per heavy atom. The number of non-ortho nitro benzene ring substituents is 1. The number of benzene rings is 1. The number of rotatable bonds is 5. The van der Waals surface area contributed by atoms with Crippen molar-refractivity contribution in [3.05, 3.63) is 52.5 Å². The van der Waals surface area contributed by atoms with Crippen molar-refractivity contribution in [1.29, 1.82) is 0 Å². The number of aliphatic hydroxyl groups is 1. The number of urea groups is 1. The molecule has 0 aliphatic carbocycles. The molecule has 2 saturated heterocycles. The molecule has 2 aromatic rings. The molecule has 2 N–H and O–H groups in total. The number of aromatic nitrogens is 1. The van der Waals surface area contributed by atoms with Crippen LogP contribution in [0.2, 0.25) is 0 Å². The highest BCUT2D eigenvalue weighted by atomic mass is 19.1. The number of likely N-dealkylation sites (tertiary alicyclic amines) is 2. The van der Waals surface area contributed by atoms with Crippen molar-refractivity contribution >= 4 is 17.5 Å². The Hall–Kier alpha value is -3.31. The Balaban J connectivity index is 1.31. The summed E-state index contributed by atoms with van der Waals surface area (Å²) in [6.45, 7) is 3.04. The number of ether oxygens (including phenoxy) is 1. The minimum absolute atomic E-state index is 0.170. The zero-order chi connectivity index (χ0) is 23.4. The van der Waals surface area contributed by atoms with E-state index in [2.05, 4.69) is 15.2 Å². The second-order valence-corrected chi connectivity index (χ2v) is 8.27. The topological polar surface area (TPSA) is 121 Å². The highest BCUT2D eigenvalue weighted by Crippen LogP contribution is 2.28. The van der Waals surface area contributed by atoms with Gasteiger partial charge in [0.25, 0.3) is 5.69 Å². The van der Waals surface area contributed by atoms with Crippen LogP contribution in [-0.4, -0.2) is 69.2 Å². The van der Waals surface area contributed by atoms with Gasteiger partial charge in [-0.25, -0.2) is 14.2 Å². The van der Waals surface area contributed by atoms with Gasteiger partial charge in [-0.15, -0.1) is 0 Å². The third-order valence-corrected chi connectivity index (χ3v) is 6.09. The standard InChI is InChI=1S/C22H26FN5O5/c23-19-13-16(28(31)32)1-2-20(19)33-18-3-8-24-21(14-18)25-22(30)27-9-4-15(5-10-27)26-11-6-17(29)7-12-26/h1-3,8,13-15,17,29H,4-7,9-12H2,(H,24,25,30). The quantitative estimate of drug-likeness (QED) is 0.519. The smallest absolute Gasteiger partial charge is 0.323 e. The van der Waals surface area contributed by atoms with Gasteiger partial charge in [-0.1, -0.05) is 0 Å². The molecule has 10 nitrogen and oxygen atoms in total. The van der Waals surface area contributed by atoms with Crippen LogP contribution < -0.4 is 10.1 Å². The Bertz CT molecular complexity index is 1010. The maximum absolute atomic E-state index is 14.1. The van der Waals surface area contributed by atoms with Crippen LogP contribution in [0.25, 0.3) is 0 Å². The summed E-state index contributed by atoms with van der Waals surface area (Å²) in [6, 6.07) is 6.23. The summed E-state index contributed by atoms with van der Waals surface area (Å²) in [5, 5.41) is 23.2. The molecular formula is C22H26FN5O5. The van der Waals surface area contributed by atoms with Crippen molar-refractivity contribution in [2.75, 3.05) is 31.5 Å². The van der Waals surface area contributed by atoms with Crippen LogP contribution in [0.15, 0.2) is 36.5 Å². The molecule has 2 amide bonds. The summed E-state index contributed by atoms with van der Waals surface area (Å²) in [5.74, 6) is -0.542. The van der Waals surface area contributed by atoms with Crippen LogP contribution in [0.1, 0.15) is 25.7 Å². The lowest BCUT2D eigenvalue weighted by Crippen LogP contribution is -2.50. The van der Waals surface area contributed by atoms with Crippen LogP contribution in [0.3, 0.4) is 0 Å². The summed E-state index contributed by atoms with van der Waals surface area (Å²) in [6.07, 6.45) is 4.57. The Kier molecular flexibility index (Phi) is 6.99. The van der Waals surface area contributed by atoms with E-state index in [1.54, 1.807) is 4.90 Å². The summed E-state index contributed by atoms with van der Waals surface area (Å²) in [5.41, 5.74) is -0.371. The minimum Gasteiger partial charge on any atom is -0.454 e. The maximum Gasteiger partial charge on any atom is 0.323 e. The average Bonchev–Trinajstić information content (AvgIpc) is 2.81. The first-order chi connectivity index (χ1) is 15.9. The van der Waals surface area contributed by atoms with Crippen LogP contribution in [0.4, 0.5) is 20.7 Å². The Morgan fingerprint density at radius 2 is 1.88 bits per heavy atom. The molecule has 2 aliphatic rings. The molecule has 176 valence electrons. The number of halogens is 1. The number of nitrogens with zero attached hydrogens (tertiary/aromatic N) is 4. The highest BCUT2D eigenvalue weighted by molar-refractivity contribution is 5.88. The number of nitro benzene ring substituents is 1. The van der Waals surface area contributed by atoms with Gasteiger partial charge in [-0.05, 0) is 37.8 Å². The fourth-order valence-corrected chi connectivity index (χ4v) is 4.23. The van der Waals surface area contributed by atoms with Gasteiger partial charge in [-0.3, -0.25) is 15.4 Å². The van der Waals surface area contributed by atoms with Crippen molar-refractivity contribution in [2.45, 2.75) is 37.8 Å². The lowest BCUT2D eigenvalue weighted by atomic mass is 9.99. The molecule has 2 fully saturated rings. The highest BCUT2D eigenvalue weighted by Gasteiger charge is 2.29. The van der Waals surface area contributed by atoms with Gasteiger partial charge >= 0.3 is 6.03 Å². The van der Waals surface area contributed by atoms with E-state index in [4.69, 9.17) is 4.74 Å². The molecule has 0 spiro atoms. The first kappa shape index (κ1) is 22.9. The molecule has 2 aliphatic heterocycles. The van der Waals surface area contributed by atoms with E-state index in [0.29, 0.717) is 19.1 Å². The lowest BCUT2D eigenvalue weighted by Gasteiger charge is -2.41. The molecule has 3 heterocycles. The number of aliphatic hydroxyl groups excluding tert-OH is 1. The Labute approximate surface area is 190 Å². The largest absolute Gasteiger partial charge is 0.454 e. The van der Waals surface area contributed by atoms with E-state index in [9.17, 15) is 24.4 Å². The van der Waals surface area contributed by atoms with Gasteiger partial charge < -0.3 is 19.6 Å². The number of carbonyl (C=O) groups is 1. The van der Waals surface area contributed by atoms with Crippen LogP contribution in [-0.2, 0) is 0 Å². The molecule has 33 heavy (non-hydrogen) atoms. The zero-order valence-corrected chi connectivity index (χ0v) is 18.0. The number of carbonyl (C=O) groups excluding carboxylic acids is 1. The predicted octanol–water partition coefficient (Wildman–Crippen LogP) is 3.37. The van der Waals surface area contributed by atoms with Crippen LogP contribution in [0, 0.1) is 15.9 Å². The number of pyridine rings is 1. The molecule has 0 unspecified atom stereocenters. The fourth-order valence-electron chi connectivity index (χ4n) is 4.23. The lowest BCUT2D eigenvalue weighted by molar-refractivity contribution is -0.385. The van der Waals surface area contributed by atoms with E-state index in [-0.39, 0.29) is 35.1 Å². The molecule has 0 bridgehead atoms. The Morgan fingerprint density at radius 1 is 1.15 bits per heavy atom. The van der Waals surface area contributed by atoms with E-state index in [1.807, 2.05) is 0 Å². The summed E-state index contributed by atoms with van der Waals surface area (Å²) in [4.78, 5) is 31.0. The van der Waals surface area contributed by atoms with Crippen molar-refractivity contribution in [3.8, 4) is 11.5 Å². The van der Waals surface area contributed by atoms with Crippen molar-refractivity contribution in [1.82, 2.24) is 14.8 Å². The van der Waals surface area contributed by atoms with Gasteiger partial charge in [0.1, 0.15) is 11.6 Å². The third-order valence-electron chi connectivity index (χ3n) is 6.09. The molecule has 0 atom stereocenters. The number of nitro groups is 1. The van der Waals surface area contributed by atoms with E-state index < -0.39 is 10.7 Å². The first-order valence-corrected chi connectivity index (χ1v) is 10.9. The SMILES string of the molecule is O=C(Nc1cc(Oc2ccc([N+](=O)[O-])cc2F)ccn1)N1CCC(N2CCC(O)CC2)CC1. The molecule has 1 aromatic carbocycles. The van der Waals surface area contributed by atoms with Gasteiger partial charge in [0.15, 0.2) is 11.6 Å². The number of nitrogens with one attached hydrogen (secondary N) is 1. The summed E-state index contributed by atoms with van der Waals surface area (Å²) in [7, 11) is 0. The minimum atomic E-state index is -0.863. The van der Waals surface area contributed by atoms with Gasteiger partial charge in [-0.2, -0.15) is 0 Å². The number of piperidine rings is 2. The molecule has 1 aromatic heterocycles. The summed E-state index contributed by atoms with van der Waals surface area (Å²) >= 11 is 0. The number of hydrogen-bond donors (Lipinski definition) is 2. The normalized spacial score (nSPS) is 18.2. The molecular weight excluding hydrogens is 433 g/mol. The van der Waals surface area contributed by atoms with Crippen molar-refractivity contribution < 1.29 is 24.0 Å². The van der Waals surface area contributed by atoms with Crippen molar-refractivity contribution in [2.24, 2.45) is 0 Å². The zero-order valence-electron chi connectivity index (χ0n) is 18.0. The van der Waals surface area contributed by atoms with E-state index in [1.165, 1.54) is 24.4 Å². The molecule has 11 heteroatoms. The van der Waals surface area contributed by atoms with Crippen molar-refractivity contribution in [3.63, 3.8) is 0 Å². The first-order valence-electron chi connectivity index (χ1n) is 10.9. The number of hydrogen-bond acceptors (Lipinski definition) is 7.